The monoisotopic (exact) mass is 385 g/mol. The van der Waals surface area contributed by atoms with Crippen molar-refractivity contribution in [2.45, 2.75) is 13.5 Å². The molecule has 0 radical (unpaired) electrons. The molecule has 0 aliphatic rings. The number of nitrogens with one attached hydrogen (secondary N) is 1. The summed E-state index contributed by atoms with van der Waals surface area (Å²) in [5, 5.41) is 7.59. The second-order valence-corrected chi connectivity index (χ2v) is 6.84. The van der Waals surface area contributed by atoms with Crippen LogP contribution in [0, 0.1) is 12.7 Å². The van der Waals surface area contributed by atoms with Crippen molar-refractivity contribution >= 4 is 5.91 Å². The molecular weight excluding hydrogens is 365 g/mol. The summed E-state index contributed by atoms with van der Waals surface area (Å²) >= 11 is 0. The highest BCUT2D eigenvalue weighted by Crippen LogP contribution is 2.23. The van der Waals surface area contributed by atoms with E-state index in [1.807, 2.05) is 61.5 Å². The van der Waals surface area contributed by atoms with Crippen LogP contribution in [0.1, 0.15) is 21.6 Å². The lowest BCUT2D eigenvalue weighted by Crippen LogP contribution is -2.25. The molecule has 5 heteroatoms. The van der Waals surface area contributed by atoms with Gasteiger partial charge in [-0.2, -0.15) is 5.10 Å². The Morgan fingerprint density at radius 2 is 1.72 bits per heavy atom. The summed E-state index contributed by atoms with van der Waals surface area (Å²) in [6.45, 7) is 2.41. The van der Waals surface area contributed by atoms with Gasteiger partial charge in [-0.3, -0.25) is 4.79 Å². The first-order valence-electron chi connectivity index (χ1n) is 9.35. The van der Waals surface area contributed by atoms with Gasteiger partial charge in [0.15, 0.2) is 0 Å². The molecule has 1 N–H and O–H groups in total. The van der Waals surface area contributed by atoms with E-state index >= 15 is 0 Å². The molecule has 1 aromatic heterocycles. The number of rotatable bonds is 5. The van der Waals surface area contributed by atoms with Gasteiger partial charge >= 0.3 is 0 Å². The number of aromatic nitrogens is 2. The first-order chi connectivity index (χ1) is 14.1. The fraction of sp³-hybridized carbons (Fsp3) is 0.0833. The van der Waals surface area contributed by atoms with Crippen LogP contribution < -0.4 is 5.32 Å². The second-order valence-electron chi connectivity index (χ2n) is 6.84. The lowest BCUT2D eigenvalue weighted by atomic mass is 10.1. The Kier molecular flexibility index (Phi) is 5.20. The Labute approximate surface area is 168 Å². The van der Waals surface area contributed by atoms with Gasteiger partial charge in [-0.1, -0.05) is 42.5 Å². The Balaban J connectivity index is 1.70. The summed E-state index contributed by atoms with van der Waals surface area (Å²) < 4.78 is 14.9. The molecule has 0 saturated heterocycles. The zero-order valence-corrected chi connectivity index (χ0v) is 16.0. The van der Waals surface area contributed by atoms with Crippen LogP contribution in [0.25, 0.3) is 16.9 Å². The molecule has 0 saturated carbocycles. The van der Waals surface area contributed by atoms with Crippen LogP contribution in [-0.4, -0.2) is 15.7 Å². The highest BCUT2D eigenvalue weighted by atomic mass is 19.1. The van der Waals surface area contributed by atoms with E-state index in [-0.39, 0.29) is 11.7 Å². The largest absolute Gasteiger partial charge is 0.347 e. The number of halogens is 1. The predicted octanol–water partition coefficient (Wildman–Crippen LogP) is 4.92. The molecule has 4 rings (SSSR count). The number of aryl methyl sites for hydroxylation is 1. The van der Waals surface area contributed by atoms with Crippen molar-refractivity contribution in [3.05, 3.63) is 108 Å². The van der Waals surface area contributed by atoms with Gasteiger partial charge in [-0.25, -0.2) is 9.07 Å². The van der Waals surface area contributed by atoms with E-state index in [1.54, 1.807) is 22.9 Å². The average Bonchev–Trinajstić information content (AvgIpc) is 3.19. The maximum absolute atomic E-state index is 13.3. The lowest BCUT2D eigenvalue weighted by molar-refractivity contribution is 0.0943. The van der Waals surface area contributed by atoms with Gasteiger partial charge in [0.25, 0.3) is 5.91 Å². The van der Waals surface area contributed by atoms with Crippen molar-refractivity contribution in [1.82, 2.24) is 15.1 Å². The Bertz CT molecular complexity index is 1130. The van der Waals surface area contributed by atoms with E-state index in [9.17, 15) is 9.18 Å². The number of nitrogens with zero attached hydrogens (tertiary/aromatic N) is 2. The van der Waals surface area contributed by atoms with Gasteiger partial charge in [-0.15, -0.1) is 0 Å². The third-order valence-corrected chi connectivity index (χ3v) is 4.62. The highest BCUT2D eigenvalue weighted by Gasteiger charge is 2.17. The highest BCUT2D eigenvalue weighted by molar-refractivity contribution is 5.94. The molecule has 144 valence electrons. The minimum absolute atomic E-state index is 0.226. The predicted molar refractivity (Wildman–Crippen MR) is 111 cm³/mol. The molecule has 3 aromatic carbocycles. The lowest BCUT2D eigenvalue weighted by Gasteiger charge is -2.09. The van der Waals surface area contributed by atoms with E-state index in [0.717, 1.165) is 22.4 Å². The summed E-state index contributed by atoms with van der Waals surface area (Å²) in [4.78, 5) is 13.0. The summed E-state index contributed by atoms with van der Waals surface area (Å²) in [5.74, 6) is -0.538. The van der Waals surface area contributed by atoms with Gasteiger partial charge in [0.05, 0.1) is 11.4 Å². The summed E-state index contributed by atoms with van der Waals surface area (Å²) in [7, 11) is 0. The minimum Gasteiger partial charge on any atom is -0.347 e. The molecule has 0 bridgehead atoms. The number of hydrogen-bond donors (Lipinski definition) is 1. The minimum atomic E-state index is -0.312. The second kappa shape index (κ2) is 8.10. The van der Waals surface area contributed by atoms with Gasteiger partial charge in [0.1, 0.15) is 11.5 Å². The Morgan fingerprint density at radius 1 is 0.966 bits per heavy atom. The normalized spacial score (nSPS) is 10.7. The number of hydrogen-bond acceptors (Lipinski definition) is 2. The van der Waals surface area contributed by atoms with Crippen LogP contribution in [0.5, 0.6) is 0 Å². The van der Waals surface area contributed by atoms with E-state index < -0.39 is 0 Å². The molecule has 0 unspecified atom stereocenters. The molecular formula is C24H20FN3O. The number of carbonyl (C=O) groups is 1. The number of benzene rings is 3. The van der Waals surface area contributed by atoms with Crippen molar-refractivity contribution in [1.29, 1.82) is 0 Å². The maximum atomic E-state index is 13.3. The van der Waals surface area contributed by atoms with Crippen LogP contribution in [0.3, 0.4) is 0 Å². The van der Waals surface area contributed by atoms with Crippen LogP contribution in [0.4, 0.5) is 4.39 Å². The third kappa shape index (κ3) is 4.24. The topological polar surface area (TPSA) is 46.9 Å². The quantitative estimate of drug-likeness (QED) is 0.530. The van der Waals surface area contributed by atoms with Crippen molar-refractivity contribution in [3.8, 4) is 16.9 Å². The maximum Gasteiger partial charge on any atom is 0.270 e. The number of carbonyl (C=O) groups excluding carboxylic acids is 1. The van der Waals surface area contributed by atoms with Gasteiger partial charge in [0, 0.05) is 12.1 Å². The molecule has 0 aliphatic carbocycles. The third-order valence-electron chi connectivity index (χ3n) is 4.62. The molecule has 0 atom stereocenters. The summed E-state index contributed by atoms with van der Waals surface area (Å²) in [6, 6.07) is 25.3. The van der Waals surface area contributed by atoms with E-state index in [4.69, 9.17) is 0 Å². The van der Waals surface area contributed by atoms with Crippen molar-refractivity contribution in [2.24, 2.45) is 0 Å². The van der Waals surface area contributed by atoms with Crippen LogP contribution in [-0.2, 0) is 6.54 Å². The van der Waals surface area contributed by atoms with Gasteiger partial charge < -0.3 is 5.32 Å². The Hall–Kier alpha value is -3.73. The van der Waals surface area contributed by atoms with Crippen LogP contribution in [0.15, 0.2) is 84.9 Å². The molecule has 4 aromatic rings. The fourth-order valence-corrected chi connectivity index (χ4v) is 3.13. The molecule has 0 aliphatic heterocycles. The van der Waals surface area contributed by atoms with E-state index in [1.165, 1.54) is 12.1 Å². The first kappa shape index (κ1) is 18.6. The van der Waals surface area contributed by atoms with Crippen molar-refractivity contribution in [3.63, 3.8) is 0 Å². The zero-order valence-electron chi connectivity index (χ0n) is 16.0. The molecule has 1 amide bonds. The molecule has 0 spiro atoms. The van der Waals surface area contributed by atoms with E-state index in [0.29, 0.717) is 17.9 Å². The standard InChI is InChI=1S/C24H20FN3O/c1-17-6-5-9-21(14-17)28-23(24(29)26-16-18-7-3-2-4-8-18)15-22(27-28)19-10-12-20(25)13-11-19/h2-15H,16H2,1H3,(H,26,29). The molecule has 1 heterocycles. The Morgan fingerprint density at radius 3 is 2.45 bits per heavy atom. The smallest absolute Gasteiger partial charge is 0.270 e. The van der Waals surface area contributed by atoms with Crippen LogP contribution in [0.2, 0.25) is 0 Å². The first-order valence-corrected chi connectivity index (χ1v) is 9.35. The summed E-state index contributed by atoms with van der Waals surface area (Å²) in [6.07, 6.45) is 0. The molecule has 0 fully saturated rings. The molecule has 4 nitrogen and oxygen atoms in total. The molecule has 29 heavy (non-hydrogen) atoms. The van der Waals surface area contributed by atoms with Crippen molar-refractivity contribution in [2.75, 3.05) is 0 Å². The SMILES string of the molecule is Cc1cccc(-n2nc(-c3ccc(F)cc3)cc2C(=O)NCc2ccccc2)c1. The average molecular weight is 385 g/mol. The summed E-state index contributed by atoms with van der Waals surface area (Å²) in [5.41, 5.74) is 4.65. The van der Waals surface area contributed by atoms with E-state index in [2.05, 4.69) is 10.4 Å². The van der Waals surface area contributed by atoms with Crippen molar-refractivity contribution < 1.29 is 9.18 Å². The van der Waals surface area contributed by atoms with Gasteiger partial charge in [0.2, 0.25) is 0 Å². The van der Waals surface area contributed by atoms with Crippen LogP contribution >= 0.6 is 0 Å². The zero-order chi connectivity index (χ0) is 20.2. The fourth-order valence-electron chi connectivity index (χ4n) is 3.13. The number of amides is 1. The van der Waals surface area contributed by atoms with Gasteiger partial charge in [-0.05, 0) is 60.5 Å².